The molecule has 4 heteroatoms. The lowest BCUT2D eigenvalue weighted by molar-refractivity contribution is 0.527. The van der Waals surface area contributed by atoms with Crippen molar-refractivity contribution in [3.8, 4) is 0 Å². The van der Waals surface area contributed by atoms with Crippen LogP contribution in [0.25, 0.3) is 0 Å². The summed E-state index contributed by atoms with van der Waals surface area (Å²) >= 11 is 7.61. The van der Waals surface area contributed by atoms with Crippen LogP contribution in [0, 0.1) is 5.92 Å². The van der Waals surface area contributed by atoms with Gasteiger partial charge >= 0.3 is 0 Å². The van der Waals surface area contributed by atoms with Gasteiger partial charge in [-0.05, 0) is 25.2 Å². The Kier molecular flexibility index (Phi) is 5.31. The third kappa shape index (κ3) is 3.61. The van der Waals surface area contributed by atoms with E-state index in [2.05, 4.69) is 29.1 Å². The van der Waals surface area contributed by atoms with Gasteiger partial charge in [-0.25, -0.2) is 4.98 Å². The first kappa shape index (κ1) is 14.1. The van der Waals surface area contributed by atoms with Gasteiger partial charge in [0.15, 0.2) is 5.13 Å². The Bertz CT molecular complexity index is 358. The van der Waals surface area contributed by atoms with E-state index in [4.69, 9.17) is 11.6 Å². The highest BCUT2D eigenvalue weighted by Crippen LogP contribution is 2.31. The van der Waals surface area contributed by atoms with Gasteiger partial charge in [-0.15, -0.1) is 22.9 Å². The number of nitrogens with zero attached hydrogens (tertiary/aromatic N) is 2. The van der Waals surface area contributed by atoms with Gasteiger partial charge in [-0.2, -0.15) is 0 Å². The fourth-order valence-corrected chi connectivity index (χ4v) is 3.69. The SMILES string of the molecule is CC(C)CCN(c1nc(CCl)cs1)C1CCCC1. The van der Waals surface area contributed by atoms with Gasteiger partial charge in [0.1, 0.15) is 0 Å². The van der Waals surface area contributed by atoms with Crippen molar-refractivity contribution in [2.75, 3.05) is 11.4 Å². The monoisotopic (exact) mass is 286 g/mol. The third-order valence-electron chi connectivity index (χ3n) is 3.64. The van der Waals surface area contributed by atoms with E-state index in [0.29, 0.717) is 11.9 Å². The first-order valence-electron chi connectivity index (χ1n) is 6.97. The molecule has 1 aromatic heterocycles. The first-order chi connectivity index (χ1) is 8.70. The second kappa shape index (κ2) is 6.76. The zero-order valence-corrected chi connectivity index (χ0v) is 12.9. The summed E-state index contributed by atoms with van der Waals surface area (Å²) < 4.78 is 0. The minimum atomic E-state index is 0.527. The molecule has 2 rings (SSSR count). The molecule has 0 spiro atoms. The molecule has 0 amide bonds. The lowest BCUT2D eigenvalue weighted by Gasteiger charge is -2.29. The largest absolute Gasteiger partial charge is 0.345 e. The van der Waals surface area contributed by atoms with E-state index in [0.717, 1.165) is 18.2 Å². The maximum Gasteiger partial charge on any atom is 0.185 e. The summed E-state index contributed by atoms with van der Waals surface area (Å²) in [5, 5.41) is 3.28. The van der Waals surface area contributed by atoms with Crippen LogP contribution in [-0.4, -0.2) is 17.6 Å². The molecule has 0 bridgehead atoms. The van der Waals surface area contributed by atoms with Gasteiger partial charge in [0.25, 0.3) is 0 Å². The van der Waals surface area contributed by atoms with Crippen molar-refractivity contribution in [3.05, 3.63) is 11.1 Å². The number of alkyl halides is 1. The van der Waals surface area contributed by atoms with Gasteiger partial charge in [0.05, 0.1) is 11.6 Å². The molecule has 1 aliphatic rings. The Balaban J connectivity index is 2.07. The van der Waals surface area contributed by atoms with E-state index < -0.39 is 0 Å². The number of rotatable bonds is 6. The summed E-state index contributed by atoms with van der Waals surface area (Å²) in [6.45, 7) is 5.72. The minimum absolute atomic E-state index is 0.527. The number of aromatic nitrogens is 1. The average Bonchev–Trinajstić information content (AvgIpc) is 2.99. The molecule has 0 aliphatic heterocycles. The lowest BCUT2D eigenvalue weighted by atomic mass is 10.1. The molecule has 1 heterocycles. The van der Waals surface area contributed by atoms with Crippen LogP contribution >= 0.6 is 22.9 Å². The summed E-state index contributed by atoms with van der Waals surface area (Å²) in [6, 6.07) is 0.707. The molecule has 1 saturated carbocycles. The topological polar surface area (TPSA) is 16.1 Å². The molecule has 0 unspecified atom stereocenters. The Labute approximate surface area is 119 Å². The van der Waals surface area contributed by atoms with Gasteiger partial charge in [0.2, 0.25) is 0 Å². The van der Waals surface area contributed by atoms with Gasteiger partial charge in [0, 0.05) is 18.0 Å². The second-order valence-corrected chi connectivity index (χ2v) is 6.67. The van der Waals surface area contributed by atoms with Crippen molar-refractivity contribution in [1.82, 2.24) is 4.98 Å². The van der Waals surface area contributed by atoms with Gasteiger partial charge < -0.3 is 4.90 Å². The maximum absolute atomic E-state index is 5.86. The fourth-order valence-electron chi connectivity index (χ4n) is 2.54. The van der Waals surface area contributed by atoms with E-state index in [1.165, 1.54) is 37.2 Å². The molecule has 0 aromatic carbocycles. The van der Waals surface area contributed by atoms with Crippen molar-refractivity contribution in [2.24, 2.45) is 5.92 Å². The summed E-state index contributed by atoms with van der Waals surface area (Å²) in [5.74, 6) is 1.28. The van der Waals surface area contributed by atoms with Gasteiger partial charge in [-0.1, -0.05) is 26.7 Å². The standard InChI is InChI=1S/C14H23ClN2S/c1-11(2)7-8-17(13-5-3-4-6-13)14-16-12(9-15)10-18-14/h10-11,13H,3-9H2,1-2H3. The quantitative estimate of drug-likeness (QED) is 0.706. The van der Waals surface area contributed by atoms with Crippen molar-refractivity contribution in [3.63, 3.8) is 0 Å². The van der Waals surface area contributed by atoms with Crippen LogP contribution in [0.5, 0.6) is 0 Å². The molecular weight excluding hydrogens is 264 g/mol. The molecule has 1 aliphatic carbocycles. The Morgan fingerprint density at radius 1 is 1.44 bits per heavy atom. The van der Waals surface area contributed by atoms with Crippen LogP contribution in [0.3, 0.4) is 0 Å². The molecule has 0 saturated heterocycles. The van der Waals surface area contributed by atoms with Crippen LogP contribution in [-0.2, 0) is 5.88 Å². The molecule has 102 valence electrons. The van der Waals surface area contributed by atoms with Crippen LogP contribution in [0.1, 0.15) is 51.6 Å². The molecular formula is C14H23ClN2S. The van der Waals surface area contributed by atoms with Crippen molar-refractivity contribution >= 4 is 28.1 Å². The maximum atomic E-state index is 5.86. The first-order valence-corrected chi connectivity index (χ1v) is 8.39. The van der Waals surface area contributed by atoms with E-state index in [9.17, 15) is 0 Å². The molecule has 1 aromatic rings. The van der Waals surface area contributed by atoms with E-state index in [-0.39, 0.29) is 0 Å². The third-order valence-corrected chi connectivity index (χ3v) is 4.84. The van der Waals surface area contributed by atoms with Crippen LogP contribution < -0.4 is 4.90 Å². The van der Waals surface area contributed by atoms with Crippen molar-refractivity contribution in [2.45, 2.75) is 57.9 Å². The summed E-state index contributed by atoms with van der Waals surface area (Å²) in [7, 11) is 0. The van der Waals surface area contributed by atoms with Crippen LogP contribution in [0.2, 0.25) is 0 Å². The van der Waals surface area contributed by atoms with E-state index in [1.54, 1.807) is 11.3 Å². The van der Waals surface area contributed by atoms with Crippen LogP contribution in [0.15, 0.2) is 5.38 Å². The van der Waals surface area contributed by atoms with Crippen LogP contribution in [0.4, 0.5) is 5.13 Å². The molecule has 2 nitrogen and oxygen atoms in total. The summed E-state index contributed by atoms with van der Waals surface area (Å²) in [6.07, 6.45) is 6.64. The number of anilines is 1. The highest BCUT2D eigenvalue weighted by molar-refractivity contribution is 7.13. The highest BCUT2D eigenvalue weighted by Gasteiger charge is 2.24. The normalized spacial score (nSPS) is 16.7. The predicted molar refractivity (Wildman–Crippen MR) is 80.7 cm³/mol. The van der Waals surface area contributed by atoms with Crippen molar-refractivity contribution < 1.29 is 0 Å². The lowest BCUT2D eigenvalue weighted by Crippen LogP contribution is -2.34. The highest BCUT2D eigenvalue weighted by atomic mass is 35.5. The zero-order chi connectivity index (χ0) is 13.0. The van der Waals surface area contributed by atoms with Gasteiger partial charge in [-0.3, -0.25) is 0 Å². The predicted octanol–water partition coefficient (Wildman–Crippen LogP) is 4.68. The number of halogens is 1. The Hall–Kier alpha value is -0.280. The fraction of sp³-hybridized carbons (Fsp3) is 0.786. The Morgan fingerprint density at radius 2 is 2.17 bits per heavy atom. The zero-order valence-electron chi connectivity index (χ0n) is 11.4. The molecule has 1 fully saturated rings. The molecule has 0 radical (unpaired) electrons. The summed E-state index contributed by atoms with van der Waals surface area (Å²) in [4.78, 5) is 7.20. The number of hydrogen-bond acceptors (Lipinski definition) is 3. The number of thiazole rings is 1. The van der Waals surface area contributed by atoms with E-state index >= 15 is 0 Å². The second-order valence-electron chi connectivity index (χ2n) is 5.57. The smallest absolute Gasteiger partial charge is 0.185 e. The molecule has 0 N–H and O–H groups in total. The Morgan fingerprint density at radius 3 is 2.72 bits per heavy atom. The summed E-state index contributed by atoms with van der Waals surface area (Å²) in [5.41, 5.74) is 1.02. The average molecular weight is 287 g/mol. The van der Waals surface area contributed by atoms with Crippen molar-refractivity contribution in [1.29, 1.82) is 0 Å². The van der Waals surface area contributed by atoms with E-state index in [1.807, 2.05) is 0 Å². The molecule has 0 atom stereocenters. The molecule has 18 heavy (non-hydrogen) atoms. The number of hydrogen-bond donors (Lipinski definition) is 0. The minimum Gasteiger partial charge on any atom is -0.345 e.